The van der Waals surface area contributed by atoms with Gasteiger partial charge in [-0.3, -0.25) is 0 Å². The molecule has 1 aromatic rings. The molecule has 0 spiro atoms. The van der Waals surface area contributed by atoms with Gasteiger partial charge in [-0.15, -0.1) is 16.8 Å². The molecule has 1 heterocycles. The molecule has 2 N–H and O–H groups in total. The minimum Gasteiger partial charge on any atom is -0.472 e. The highest BCUT2D eigenvalue weighted by atomic mass is 35.5. The standard InChI is InChI=1S/C9H16ClN3O2S.ClH/c1-9(2,3)11-4-6(14)5-15-8-7(10)12-16-13-8;/h6,11,14H,4-5H2,1-3H3;1H. The number of nitrogens with zero attached hydrogens (tertiary/aromatic N) is 2. The first-order valence-corrected chi connectivity index (χ1v) is 6.03. The Morgan fingerprint density at radius 3 is 2.59 bits per heavy atom. The average molecular weight is 302 g/mol. The number of ether oxygens (including phenoxy) is 1. The number of hydrogen-bond donors (Lipinski definition) is 2. The van der Waals surface area contributed by atoms with Gasteiger partial charge in [-0.1, -0.05) is 11.6 Å². The van der Waals surface area contributed by atoms with E-state index >= 15 is 0 Å². The first-order valence-electron chi connectivity index (χ1n) is 4.92. The molecule has 5 nitrogen and oxygen atoms in total. The maximum atomic E-state index is 9.63. The van der Waals surface area contributed by atoms with Crippen molar-refractivity contribution in [3.63, 3.8) is 0 Å². The van der Waals surface area contributed by atoms with Crippen LogP contribution in [0, 0.1) is 0 Å². The van der Waals surface area contributed by atoms with Crippen molar-refractivity contribution in [1.82, 2.24) is 14.1 Å². The van der Waals surface area contributed by atoms with Crippen LogP contribution in [-0.4, -0.2) is 38.6 Å². The Hall–Kier alpha value is -0.140. The monoisotopic (exact) mass is 301 g/mol. The number of nitrogens with one attached hydrogen (secondary N) is 1. The summed E-state index contributed by atoms with van der Waals surface area (Å²) in [5.74, 6) is 0.279. The molecule has 17 heavy (non-hydrogen) atoms. The molecule has 0 radical (unpaired) electrons. The second-order valence-electron chi connectivity index (χ2n) is 4.46. The van der Waals surface area contributed by atoms with Gasteiger partial charge in [0, 0.05) is 12.1 Å². The molecule has 1 rings (SSSR count). The van der Waals surface area contributed by atoms with E-state index in [9.17, 15) is 5.11 Å². The molecule has 0 fully saturated rings. The largest absolute Gasteiger partial charge is 0.472 e. The van der Waals surface area contributed by atoms with E-state index in [1.165, 1.54) is 0 Å². The van der Waals surface area contributed by atoms with Crippen LogP contribution in [0.1, 0.15) is 20.8 Å². The molecule has 0 aromatic carbocycles. The SMILES string of the molecule is CC(C)(C)NCC(O)COc1nsnc1Cl.Cl. The third-order valence-corrected chi connectivity index (χ3v) is 2.56. The number of rotatable bonds is 5. The zero-order chi connectivity index (χ0) is 12.2. The van der Waals surface area contributed by atoms with E-state index in [-0.39, 0.29) is 35.6 Å². The Bertz CT molecular complexity index is 330. The van der Waals surface area contributed by atoms with Crippen molar-refractivity contribution in [2.24, 2.45) is 0 Å². The van der Waals surface area contributed by atoms with Crippen LogP contribution in [0.15, 0.2) is 0 Å². The molecule has 0 aliphatic heterocycles. The summed E-state index contributed by atoms with van der Waals surface area (Å²) in [6, 6.07) is 0. The van der Waals surface area contributed by atoms with Crippen LogP contribution in [0.25, 0.3) is 0 Å². The molecule has 0 amide bonds. The number of aromatic nitrogens is 2. The summed E-state index contributed by atoms with van der Waals surface area (Å²) in [5.41, 5.74) is -0.0270. The Morgan fingerprint density at radius 2 is 2.12 bits per heavy atom. The fourth-order valence-corrected chi connectivity index (χ4v) is 1.56. The van der Waals surface area contributed by atoms with Crippen LogP contribution in [0.5, 0.6) is 5.88 Å². The highest BCUT2D eigenvalue weighted by Crippen LogP contribution is 2.20. The second-order valence-corrected chi connectivity index (χ2v) is 5.34. The van der Waals surface area contributed by atoms with E-state index in [2.05, 4.69) is 14.1 Å². The number of β-amino-alcohol motifs (C(OH)–C–C–N with tert-alkyl or cyclic N) is 1. The molecular weight excluding hydrogens is 285 g/mol. The van der Waals surface area contributed by atoms with Crippen molar-refractivity contribution < 1.29 is 9.84 Å². The third kappa shape index (κ3) is 7.00. The Labute approximate surface area is 116 Å². The van der Waals surface area contributed by atoms with E-state index < -0.39 is 6.10 Å². The first-order chi connectivity index (χ1) is 7.38. The summed E-state index contributed by atoms with van der Waals surface area (Å²) in [5, 5.41) is 13.0. The van der Waals surface area contributed by atoms with Gasteiger partial charge in [0.15, 0.2) is 0 Å². The van der Waals surface area contributed by atoms with Crippen molar-refractivity contribution in [3.05, 3.63) is 5.15 Å². The number of halogens is 2. The molecular formula is C9H17Cl2N3O2S. The average Bonchev–Trinajstić information content (AvgIpc) is 2.57. The molecule has 1 aromatic heterocycles. The van der Waals surface area contributed by atoms with Crippen molar-refractivity contribution in [3.8, 4) is 5.88 Å². The lowest BCUT2D eigenvalue weighted by molar-refractivity contribution is 0.0982. The van der Waals surface area contributed by atoms with Gasteiger partial charge in [-0.05, 0) is 20.8 Å². The van der Waals surface area contributed by atoms with Crippen molar-refractivity contribution >= 4 is 35.7 Å². The van der Waals surface area contributed by atoms with Gasteiger partial charge in [0.25, 0.3) is 5.88 Å². The highest BCUT2D eigenvalue weighted by molar-refractivity contribution is 6.99. The summed E-state index contributed by atoms with van der Waals surface area (Å²) in [4.78, 5) is 0. The number of hydrogen-bond acceptors (Lipinski definition) is 6. The normalized spacial score (nSPS) is 13.0. The molecule has 0 aliphatic carbocycles. The summed E-state index contributed by atoms with van der Waals surface area (Å²) in [6.45, 7) is 6.69. The van der Waals surface area contributed by atoms with Crippen LogP contribution in [0.4, 0.5) is 0 Å². The van der Waals surface area contributed by atoms with E-state index in [1.54, 1.807) is 0 Å². The Morgan fingerprint density at radius 1 is 1.47 bits per heavy atom. The first kappa shape index (κ1) is 16.9. The predicted molar refractivity (Wildman–Crippen MR) is 71.4 cm³/mol. The summed E-state index contributed by atoms with van der Waals surface area (Å²) in [7, 11) is 0. The maximum absolute atomic E-state index is 9.63. The van der Waals surface area contributed by atoms with Crippen LogP contribution in [-0.2, 0) is 0 Å². The molecule has 0 saturated heterocycles. The van der Waals surface area contributed by atoms with Gasteiger partial charge < -0.3 is 15.2 Å². The Kier molecular flexibility index (Phi) is 7.27. The minimum atomic E-state index is -0.600. The minimum absolute atomic E-state index is 0. The second kappa shape index (κ2) is 7.33. The van der Waals surface area contributed by atoms with Crippen LogP contribution in [0.3, 0.4) is 0 Å². The summed E-state index contributed by atoms with van der Waals surface area (Å²) < 4.78 is 12.8. The van der Waals surface area contributed by atoms with Crippen LogP contribution in [0.2, 0.25) is 5.15 Å². The number of aliphatic hydroxyl groups excluding tert-OH is 1. The van der Waals surface area contributed by atoms with Gasteiger partial charge in [0.05, 0.1) is 11.7 Å². The molecule has 0 aliphatic rings. The molecule has 8 heteroatoms. The van der Waals surface area contributed by atoms with Gasteiger partial charge in [0.1, 0.15) is 12.7 Å². The van der Waals surface area contributed by atoms with E-state index in [1.807, 2.05) is 20.8 Å². The molecule has 0 saturated carbocycles. The van der Waals surface area contributed by atoms with E-state index in [0.29, 0.717) is 6.54 Å². The lowest BCUT2D eigenvalue weighted by atomic mass is 10.1. The fraction of sp³-hybridized carbons (Fsp3) is 0.778. The van der Waals surface area contributed by atoms with Crippen molar-refractivity contribution in [2.75, 3.05) is 13.2 Å². The van der Waals surface area contributed by atoms with Gasteiger partial charge >= 0.3 is 0 Å². The maximum Gasteiger partial charge on any atom is 0.265 e. The lowest BCUT2D eigenvalue weighted by Gasteiger charge is -2.22. The topological polar surface area (TPSA) is 67.3 Å². The van der Waals surface area contributed by atoms with Crippen molar-refractivity contribution in [2.45, 2.75) is 32.4 Å². The third-order valence-electron chi connectivity index (χ3n) is 1.70. The smallest absolute Gasteiger partial charge is 0.265 e. The highest BCUT2D eigenvalue weighted by Gasteiger charge is 2.14. The fourth-order valence-electron chi connectivity index (χ4n) is 0.914. The summed E-state index contributed by atoms with van der Waals surface area (Å²) >= 11 is 6.67. The zero-order valence-electron chi connectivity index (χ0n) is 9.94. The van der Waals surface area contributed by atoms with Gasteiger partial charge in [-0.2, -0.15) is 4.37 Å². The molecule has 1 atom stereocenters. The van der Waals surface area contributed by atoms with Crippen LogP contribution >= 0.6 is 35.7 Å². The van der Waals surface area contributed by atoms with Crippen molar-refractivity contribution in [1.29, 1.82) is 0 Å². The molecule has 1 unspecified atom stereocenters. The molecule has 100 valence electrons. The predicted octanol–water partition coefficient (Wildman–Crippen LogP) is 1.74. The molecule has 0 bridgehead atoms. The van der Waals surface area contributed by atoms with E-state index in [4.69, 9.17) is 16.3 Å². The number of aliphatic hydroxyl groups is 1. The van der Waals surface area contributed by atoms with Gasteiger partial charge in [0.2, 0.25) is 5.15 Å². The van der Waals surface area contributed by atoms with Gasteiger partial charge in [-0.25, -0.2) is 0 Å². The Balaban J connectivity index is 0.00000256. The van der Waals surface area contributed by atoms with Crippen LogP contribution < -0.4 is 10.1 Å². The zero-order valence-corrected chi connectivity index (χ0v) is 12.3. The van der Waals surface area contributed by atoms with E-state index in [0.717, 1.165) is 11.7 Å². The summed E-state index contributed by atoms with van der Waals surface area (Å²) in [6.07, 6.45) is -0.600. The lowest BCUT2D eigenvalue weighted by Crippen LogP contribution is -2.42. The quantitative estimate of drug-likeness (QED) is 0.867.